The summed E-state index contributed by atoms with van der Waals surface area (Å²) in [5.74, 6) is 0. The Morgan fingerprint density at radius 2 is 0.781 bits per heavy atom. The van der Waals surface area contributed by atoms with E-state index in [1.165, 1.54) is 134 Å². The average molecular weight is 458 g/mol. The third-order valence-corrected chi connectivity index (χ3v) is 10.9. The summed E-state index contributed by atoms with van der Waals surface area (Å²) in [5, 5.41) is 1.63. The van der Waals surface area contributed by atoms with Crippen LogP contribution < -0.4 is 5.19 Å². The van der Waals surface area contributed by atoms with Gasteiger partial charge in [0.1, 0.15) is 0 Å². The van der Waals surface area contributed by atoms with Crippen molar-refractivity contribution in [1.29, 1.82) is 0 Å². The van der Waals surface area contributed by atoms with Crippen molar-refractivity contribution < 1.29 is 0 Å². The third kappa shape index (κ3) is 17.0. The molecule has 0 bridgehead atoms. The molecule has 0 unspecified atom stereocenters. The molecule has 0 N–H and O–H groups in total. The first-order valence-corrected chi connectivity index (χ1v) is 17.7. The van der Waals surface area contributed by atoms with E-state index in [2.05, 4.69) is 50.3 Å². The third-order valence-electron chi connectivity index (χ3n) is 7.36. The molecule has 0 aliphatic rings. The minimum atomic E-state index is -1.20. The van der Waals surface area contributed by atoms with Gasteiger partial charge in [-0.2, -0.15) is 0 Å². The minimum absolute atomic E-state index is 1.12. The van der Waals surface area contributed by atoms with Gasteiger partial charge in [0.25, 0.3) is 0 Å². The van der Waals surface area contributed by atoms with Crippen molar-refractivity contribution in [3.8, 4) is 0 Å². The lowest BCUT2D eigenvalue weighted by Gasteiger charge is -2.22. The van der Waals surface area contributed by atoms with Crippen molar-refractivity contribution in [3.63, 3.8) is 0 Å². The first kappa shape index (κ1) is 29.5. The molecule has 1 radical (unpaired) electrons. The van der Waals surface area contributed by atoms with Gasteiger partial charge in [0, 0.05) is 0 Å². The van der Waals surface area contributed by atoms with Crippen molar-refractivity contribution in [2.75, 3.05) is 0 Å². The SMILES string of the molecule is [CH2]CCCCCCCCCCCCCCCCCCCCCC[Si](C)(C)c1ccccc1. The zero-order chi connectivity index (χ0) is 23.2. The van der Waals surface area contributed by atoms with Gasteiger partial charge in [-0.3, -0.25) is 0 Å². The van der Waals surface area contributed by atoms with Crippen LogP contribution in [0.15, 0.2) is 30.3 Å². The zero-order valence-corrected chi connectivity index (χ0v) is 23.2. The van der Waals surface area contributed by atoms with E-state index in [0.29, 0.717) is 0 Å². The van der Waals surface area contributed by atoms with Crippen molar-refractivity contribution >= 4 is 13.3 Å². The van der Waals surface area contributed by atoms with Gasteiger partial charge in [0.2, 0.25) is 0 Å². The molecule has 0 fully saturated rings. The first-order chi connectivity index (χ1) is 15.7. The molecule has 0 saturated carbocycles. The average Bonchev–Trinajstić information content (AvgIpc) is 2.80. The normalized spacial score (nSPS) is 11.8. The number of rotatable bonds is 23. The molecule has 185 valence electrons. The Bertz CT molecular complexity index is 492. The molecule has 0 nitrogen and oxygen atoms in total. The van der Waals surface area contributed by atoms with Crippen molar-refractivity contribution in [3.05, 3.63) is 37.3 Å². The summed E-state index contributed by atoms with van der Waals surface area (Å²) in [6.45, 7) is 9.00. The van der Waals surface area contributed by atoms with E-state index >= 15 is 0 Å². The summed E-state index contributed by atoms with van der Waals surface area (Å²) in [7, 11) is -1.20. The van der Waals surface area contributed by atoms with E-state index in [4.69, 9.17) is 0 Å². The Morgan fingerprint density at radius 1 is 0.469 bits per heavy atom. The van der Waals surface area contributed by atoms with Gasteiger partial charge in [0.05, 0.1) is 8.07 Å². The van der Waals surface area contributed by atoms with Crippen LogP contribution in [0, 0.1) is 6.92 Å². The summed E-state index contributed by atoms with van der Waals surface area (Å²) in [4.78, 5) is 0. The van der Waals surface area contributed by atoms with Crippen LogP contribution in [0.5, 0.6) is 0 Å². The van der Waals surface area contributed by atoms with Crippen molar-refractivity contribution in [1.82, 2.24) is 0 Å². The maximum Gasteiger partial charge on any atom is 0.0806 e. The second-order valence-electron chi connectivity index (χ2n) is 10.9. The Hall–Kier alpha value is -0.563. The van der Waals surface area contributed by atoms with E-state index in [1.807, 2.05) is 0 Å². The van der Waals surface area contributed by atoms with E-state index in [9.17, 15) is 0 Å². The lowest BCUT2D eigenvalue weighted by atomic mass is 10.0. The maximum absolute atomic E-state index is 3.92. The van der Waals surface area contributed by atoms with Gasteiger partial charge in [-0.25, -0.2) is 0 Å². The molecule has 0 aliphatic carbocycles. The number of hydrogen-bond donors (Lipinski definition) is 0. The second kappa shape index (κ2) is 21.0. The summed E-state index contributed by atoms with van der Waals surface area (Å²) >= 11 is 0. The lowest BCUT2D eigenvalue weighted by molar-refractivity contribution is 0.522. The molecular weight excluding hydrogens is 400 g/mol. The van der Waals surface area contributed by atoms with Crippen LogP contribution in [0.25, 0.3) is 0 Å². The van der Waals surface area contributed by atoms with Crippen LogP contribution in [-0.4, -0.2) is 8.07 Å². The fourth-order valence-corrected chi connectivity index (χ4v) is 7.48. The molecule has 0 atom stereocenters. The smallest absolute Gasteiger partial charge is 0.0654 e. The van der Waals surface area contributed by atoms with E-state index in [1.54, 1.807) is 5.19 Å². The fraction of sp³-hybridized carbons (Fsp3) is 0.774. The van der Waals surface area contributed by atoms with E-state index < -0.39 is 8.07 Å². The molecule has 0 spiro atoms. The largest absolute Gasteiger partial charge is 0.0806 e. The second-order valence-corrected chi connectivity index (χ2v) is 15.8. The predicted molar refractivity (Wildman–Crippen MR) is 151 cm³/mol. The van der Waals surface area contributed by atoms with Crippen LogP contribution in [0.3, 0.4) is 0 Å². The standard InChI is InChI=1S/C31H57Si/c1-4-5-6-7-8-9-10-11-12-13-14-15-16-17-18-19-20-21-22-23-27-30-32(2,3)31-28-25-24-26-29-31/h24-26,28-29H,1,4-23,27,30H2,2-3H3. The van der Waals surface area contributed by atoms with Gasteiger partial charge in [-0.1, -0.05) is 196 Å². The van der Waals surface area contributed by atoms with Crippen LogP contribution >= 0.6 is 0 Å². The van der Waals surface area contributed by atoms with Crippen molar-refractivity contribution in [2.45, 2.75) is 154 Å². The Morgan fingerprint density at radius 3 is 1.12 bits per heavy atom. The Labute approximate surface area is 204 Å². The van der Waals surface area contributed by atoms with Gasteiger partial charge >= 0.3 is 0 Å². The molecule has 0 aliphatic heterocycles. The van der Waals surface area contributed by atoms with Gasteiger partial charge < -0.3 is 0 Å². The highest BCUT2D eigenvalue weighted by atomic mass is 28.3. The molecule has 0 aromatic heterocycles. The van der Waals surface area contributed by atoms with Crippen LogP contribution in [0.4, 0.5) is 0 Å². The molecule has 0 saturated heterocycles. The quantitative estimate of drug-likeness (QED) is 0.113. The molecule has 1 rings (SSSR count). The van der Waals surface area contributed by atoms with Crippen LogP contribution in [0.1, 0.15) is 135 Å². The number of hydrogen-bond acceptors (Lipinski definition) is 0. The van der Waals surface area contributed by atoms with E-state index in [-0.39, 0.29) is 0 Å². The topological polar surface area (TPSA) is 0 Å². The van der Waals surface area contributed by atoms with Gasteiger partial charge in [-0.15, -0.1) is 0 Å². The Balaban J connectivity index is 1.75. The van der Waals surface area contributed by atoms with Gasteiger partial charge in [-0.05, 0) is 0 Å². The fourth-order valence-electron chi connectivity index (χ4n) is 4.96. The predicted octanol–water partition coefficient (Wildman–Crippen LogP) is 10.6. The summed E-state index contributed by atoms with van der Waals surface area (Å²) in [5.41, 5.74) is 0. The molecule has 32 heavy (non-hydrogen) atoms. The summed E-state index contributed by atoms with van der Waals surface area (Å²) in [6, 6.07) is 12.7. The number of benzene rings is 1. The highest BCUT2D eigenvalue weighted by Gasteiger charge is 2.21. The molecule has 1 aromatic carbocycles. The Kier molecular flexibility index (Phi) is 19.3. The first-order valence-electron chi connectivity index (χ1n) is 14.5. The minimum Gasteiger partial charge on any atom is -0.0654 e. The molecule has 0 heterocycles. The highest BCUT2D eigenvalue weighted by molar-refractivity contribution is 6.89. The van der Waals surface area contributed by atoms with Crippen LogP contribution in [-0.2, 0) is 0 Å². The van der Waals surface area contributed by atoms with E-state index in [0.717, 1.165) is 6.42 Å². The summed E-state index contributed by atoms with van der Waals surface area (Å²) < 4.78 is 0. The molecule has 0 amide bonds. The maximum atomic E-state index is 3.92. The molecular formula is C31H57Si. The zero-order valence-electron chi connectivity index (χ0n) is 22.2. The van der Waals surface area contributed by atoms with Crippen molar-refractivity contribution in [2.24, 2.45) is 0 Å². The highest BCUT2D eigenvalue weighted by Crippen LogP contribution is 2.18. The molecule has 1 aromatic rings. The van der Waals surface area contributed by atoms with Crippen LogP contribution in [0.2, 0.25) is 19.1 Å². The number of unbranched alkanes of at least 4 members (excludes halogenated alkanes) is 20. The summed E-state index contributed by atoms with van der Waals surface area (Å²) in [6.07, 6.45) is 30.2. The lowest BCUT2D eigenvalue weighted by Crippen LogP contribution is -2.40. The monoisotopic (exact) mass is 457 g/mol. The van der Waals surface area contributed by atoms with Gasteiger partial charge in [0.15, 0.2) is 0 Å². The molecule has 1 heteroatoms.